The number of hydrogen-bond donors (Lipinski definition) is 3. The fraction of sp³-hybridized carbons (Fsp3) is 0.462. The number of primary sulfonamides is 1. The molecule has 0 atom stereocenters. The van der Waals surface area contributed by atoms with Crippen molar-refractivity contribution >= 4 is 21.6 Å². The molecule has 7 heteroatoms. The second kappa shape index (κ2) is 5.90. The van der Waals surface area contributed by atoms with Crippen LogP contribution < -0.4 is 15.8 Å². The molecular formula is C13H19N3O3S. The molecule has 0 unspecified atom stereocenters. The van der Waals surface area contributed by atoms with Gasteiger partial charge in [0.15, 0.2) is 0 Å². The quantitative estimate of drug-likeness (QED) is 0.715. The largest absolute Gasteiger partial charge is 0.325 e. The molecule has 1 aliphatic rings. The van der Waals surface area contributed by atoms with Crippen LogP contribution in [0.4, 0.5) is 5.69 Å². The molecular weight excluding hydrogens is 278 g/mol. The molecule has 2 rings (SSSR count). The monoisotopic (exact) mass is 297 g/mol. The van der Waals surface area contributed by atoms with Gasteiger partial charge in [-0.15, -0.1) is 0 Å². The summed E-state index contributed by atoms with van der Waals surface area (Å²) >= 11 is 0. The Labute approximate surface area is 118 Å². The minimum atomic E-state index is -3.76. The van der Waals surface area contributed by atoms with E-state index in [2.05, 4.69) is 10.6 Å². The normalized spacial score (nSPS) is 15.1. The lowest BCUT2D eigenvalue weighted by molar-refractivity contribution is -0.115. The van der Waals surface area contributed by atoms with Crippen molar-refractivity contribution in [3.8, 4) is 0 Å². The van der Waals surface area contributed by atoms with Crippen LogP contribution in [0.5, 0.6) is 0 Å². The van der Waals surface area contributed by atoms with Crippen molar-refractivity contribution in [1.82, 2.24) is 5.32 Å². The number of anilines is 1. The molecule has 0 aromatic heterocycles. The number of sulfonamides is 1. The van der Waals surface area contributed by atoms with E-state index in [1.54, 1.807) is 13.0 Å². The van der Waals surface area contributed by atoms with Crippen LogP contribution in [0.25, 0.3) is 0 Å². The highest BCUT2D eigenvalue weighted by atomic mass is 32.2. The van der Waals surface area contributed by atoms with Crippen LogP contribution in [0, 0.1) is 12.8 Å². The van der Waals surface area contributed by atoms with Crippen LogP contribution in [0.1, 0.15) is 18.4 Å². The number of rotatable bonds is 6. The lowest BCUT2D eigenvalue weighted by Gasteiger charge is -2.10. The van der Waals surface area contributed by atoms with E-state index in [9.17, 15) is 13.2 Å². The molecule has 1 aromatic rings. The average molecular weight is 297 g/mol. The molecule has 1 amide bonds. The van der Waals surface area contributed by atoms with Crippen LogP contribution in [0.3, 0.4) is 0 Å². The van der Waals surface area contributed by atoms with Gasteiger partial charge < -0.3 is 10.6 Å². The fourth-order valence-corrected chi connectivity index (χ4v) is 2.36. The first kappa shape index (κ1) is 15.0. The molecule has 0 saturated heterocycles. The molecule has 0 aliphatic heterocycles. The number of carbonyl (C=O) groups excluding carboxylic acids is 1. The third-order valence-electron chi connectivity index (χ3n) is 3.23. The van der Waals surface area contributed by atoms with Gasteiger partial charge in [-0.05, 0) is 49.9 Å². The van der Waals surface area contributed by atoms with Crippen molar-refractivity contribution in [3.05, 3.63) is 23.8 Å². The Hall–Kier alpha value is -1.44. The van der Waals surface area contributed by atoms with Crippen LogP contribution in [-0.2, 0) is 14.8 Å². The maximum absolute atomic E-state index is 11.8. The predicted molar refractivity (Wildman–Crippen MR) is 76.8 cm³/mol. The zero-order valence-electron chi connectivity index (χ0n) is 11.3. The highest BCUT2D eigenvalue weighted by molar-refractivity contribution is 7.89. The number of aryl methyl sites for hydroxylation is 1. The van der Waals surface area contributed by atoms with E-state index < -0.39 is 10.0 Å². The van der Waals surface area contributed by atoms with Gasteiger partial charge in [-0.25, -0.2) is 13.6 Å². The number of carbonyl (C=O) groups is 1. The Morgan fingerprint density at radius 3 is 2.70 bits per heavy atom. The number of nitrogens with two attached hydrogens (primary N) is 1. The number of amides is 1. The topological polar surface area (TPSA) is 101 Å². The summed E-state index contributed by atoms with van der Waals surface area (Å²) in [7, 11) is -3.76. The van der Waals surface area contributed by atoms with Gasteiger partial charge in [0, 0.05) is 5.69 Å². The van der Waals surface area contributed by atoms with Crippen LogP contribution in [0.2, 0.25) is 0 Å². The molecule has 1 saturated carbocycles. The molecule has 6 nitrogen and oxygen atoms in total. The fourth-order valence-electron chi connectivity index (χ4n) is 1.82. The van der Waals surface area contributed by atoms with E-state index in [0.717, 1.165) is 12.1 Å². The van der Waals surface area contributed by atoms with Crippen molar-refractivity contribution < 1.29 is 13.2 Å². The Morgan fingerprint density at radius 1 is 1.40 bits per heavy atom. The van der Waals surface area contributed by atoms with Gasteiger partial charge in [-0.1, -0.05) is 6.07 Å². The van der Waals surface area contributed by atoms with Crippen molar-refractivity contribution in [1.29, 1.82) is 0 Å². The van der Waals surface area contributed by atoms with Crippen molar-refractivity contribution in [3.63, 3.8) is 0 Å². The lowest BCUT2D eigenvalue weighted by Crippen LogP contribution is -2.29. The first-order valence-corrected chi connectivity index (χ1v) is 8.05. The molecule has 4 N–H and O–H groups in total. The van der Waals surface area contributed by atoms with Gasteiger partial charge in [0.05, 0.1) is 11.4 Å². The van der Waals surface area contributed by atoms with E-state index in [4.69, 9.17) is 5.14 Å². The summed E-state index contributed by atoms with van der Waals surface area (Å²) in [4.78, 5) is 11.8. The summed E-state index contributed by atoms with van der Waals surface area (Å²) in [5, 5.41) is 10.8. The van der Waals surface area contributed by atoms with E-state index in [-0.39, 0.29) is 17.3 Å². The summed E-state index contributed by atoms with van der Waals surface area (Å²) in [6, 6.07) is 4.42. The average Bonchev–Trinajstić information content (AvgIpc) is 3.14. The van der Waals surface area contributed by atoms with Crippen LogP contribution >= 0.6 is 0 Å². The van der Waals surface area contributed by atoms with Crippen molar-refractivity contribution in [2.24, 2.45) is 11.1 Å². The Bertz CT molecular complexity index is 609. The molecule has 0 heterocycles. The summed E-state index contributed by atoms with van der Waals surface area (Å²) in [5.41, 5.74) is 1.25. The molecule has 1 fully saturated rings. The Balaban J connectivity index is 1.98. The third kappa shape index (κ3) is 4.29. The minimum absolute atomic E-state index is 0.00987. The van der Waals surface area contributed by atoms with Gasteiger partial charge in [0.1, 0.15) is 0 Å². The zero-order valence-corrected chi connectivity index (χ0v) is 12.2. The highest BCUT2D eigenvalue weighted by Crippen LogP contribution is 2.27. The summed E-state index contributed by atoms with van der Waals surface area (Å²) in [6.45, 7) is 2.86. The first-order valence-electron chi connectivity index (χ1n) is 6.50. The SMILES string of the molecule is Cc1ccc(S(N)(=O)=O)cc1NC(=O)CNCC1CC1. The molecule has 20 heavy (non-hydrogen) atoms. The maximum atomic E-state index is 11.8. The standard InChI is InChI=1S/C13H19N3O3S/c1-9-2-5-11(20(14,18)19)6-12(9)16-13(17)8-15-7-10-3-4-10/h2,5-6,10,15H,3-4,7-8H2,1H3,(H,16,17)(H2,14,18,19). The molecule has 0 bridgehead atoms. The predicted octanol–water partition coefficient (Wildman–Crippen LogP) is 0.581. The first-order chi connectivity index (χ1) is 9.36. The van der Waals surface area contributed by atoms with Crippen molar-refractivity contribution in [2.45, 2.75) is 24.7 Å². The molecule has 0 radical (unpaired) electrons. The van der Waals surface area contributed by atoms with E-state index >= 15 is 0 Å². The molecule has 0 spiro atoms. The summed E-state index contributed by atoms with van der Waals surface area (Å²) in [5.74, 6) is 0.510. The van der Waals surface area contributed by atoms with Gasteiger partial charge in [-0.2, -0.15) is 0 Å². The van der Waals surface area contributed by atoms with Crippen molar-refractivity contribution in [2.75, 3.05) is 18.4 Å². The Morgan fingerprint density at radius 2 is 2.10 bits per heavy atom. The second-order valence-electron chi connectivity index (χ2n) is 5.14. The molecule has 110 valence electrons. The summed E-state index contributed by atoms with van der Waals surface area (Å²) < 4.78 is 22.6. The van der Waals surface area contributed by atoms with E-state index in [1.807, 2.05) is 0 Å². The number of benzene rings is 1. The summed E-state index contributed by atoms with van der Waals surface area (Å²) in [6.07, 6.45) is 2.45. The second-order valence-corrected chi connectivity index (χ2v) is 6.71. The zero-order chi connectivity index (χ0) is 14.8. The maximum Gasteiger partial charge on any atom is 0.238 e. The van der Waals surface area contributed by atoms with Gasteiger partial charge in [0.2, 0.25) is 15.9 Å². The van der Waals surface area contributed by atoms with E-state index in [1.165, 1.54) is 25.0 Å². The van der Waals surface area contributed by atoms with Gasteiger partial charge in [-0.3, -0.25) is 4.79 Å². The van der Waals surface area contributed by atoms with Crippen LogP contribution in [0.15, 0.2) is 23.1 Å². The van der Waals surface area contributed by atoms with Gasteiger partial charge in [0.25, 0.3) is 0 Å². The minimum Gasteiger partial charge on any atom is -0.325 e. The Kier molecular flexibility index (Phi) is 4.42. The molecule has 1 aliphatic carbocycles. The molecule has 1 aromatic carbocycles. The number of hydrogen-bond acceptors (Lipinski definition) is 4. The van der Waals surface area contributed by atoms with Gasteiger partial charge >= 0.3 is 0 Å². The van der Waals surface area contributed by atoms with Crippen LogP contribution in [-0.4, -0.2) is 27.4 Å². The number of nitrogens with one attached hydrogen (secondary N) is 2. The highest BCUT2D eigenvalue weighted by Gasteiger charge is 2.20. The smallest absolute Gasteiger partial charge is 0.238 e. The third-order valence-corrected chi connectivity index (χ3v) is 4.14. The van der Waals surface area contributed by atoms with E-state index in [0.29, 0.717) is 11.6 Å². The lowest BCUT2D eigenvalue weighted by atomic mass is 10.2.